The minimum atomic E-state index is 0.577. The highest BCUT2D eigenvalue weighted by molar-refractivity contribution is 7.99. The maximum atomic E-state index is 4.00. The van der Waals surface area contributed by atoms with Crippen LogP contribution in [0.2, 0.25) is 0 Å². The molecule has 0 bridgehead atoms. The Bertz CT molecular complexity index is 249. The fourth-order valence-electron chi connectivity index (χ4n) is 1.23. The smallest absolute Gasteiger partial charge is 0.0278 e. The third-order valence-electron chi connectivity index (χ3n) is 2.25. The van der Waals surface area contributed by atoms with Crippen molar-refractivity contribution in [2.75, 3.05) is 12.8 Å². The van der Waals surface area contributed by atoms with Gasteiger partial charge in [-0.05, 0) is 25.1 Å². The third kappa shape index (κ3) is 3.68. The second kappa shape index (κ2) is 6.04. The summed E-state index contributed by atoms with van der Waals surface area (Å²) in [5.74, 6) is 1.78. The summed E-state index contributed by atoms with van der Waals surface area (Å²) >= 11 is 1.88. The van der Waals surface area contributed by atoms with Crippen LogP contribution in [0.4, 0.5) is 0 Å². The summed E-state index contributed by atoms with van der Waals surface area (Å²) in [6.45, 7) is 4.49. The van der Waals surface area contributed by atoms with Crippen LogP contribution < -0.4 is 5.32 Å². The Hall–Kier alpha value is -0.540. The van der Waals surface area contributed by atoms with Crippen molar-refractivity contribution in [1.29, 1.82) is 0 Å². The van der Waals surface area contributed by atoms with Gasteiger partial charge in [-0.1, -0.05) is 13.8 Å². The van der Waals surface area contributed by atoms with E-state index in [4.69, 9.17) is 0 Å². The molecule has 0 aromatic carbocycles. The van der Waals surface area contributed by atoms with Crippen LogP contribution in [0.5, 0.6) is 0 Å². The van der Waals surface area contributed by atoms with E-state index in [1.54, 1.807) is 0 Å². The van der Waals surface area contributed by atoms with Crippen LogP contribution in [-0.4, -0.2) is 23.8 Å². The predicted molar refractivity (Wildman–Crippen MR) is 62.6 cm³/mol. The monoisotopic (exact) mass is 210 g/mol. The molecule has 0 saturated carbocycles. The number of rotatable bonds is 5. The minimum absolute atomic E-state index is 0.577. The van der Waals surface area contributed by atoms with E-state index in [1.807, 2.05) is 31.2 Å². The molecule has 1 heterocycles. The van der Waals surface area contributed by atoms with Crippen molar-refractivity contribution in [3.63, 3.8) is 0 Å². The molecule has 78 valence electrons. The van der Waals surface area contributed by atoms with Crippen molar-refractivity contribution in [1.82, 2.24) is 10.3 Å². The van der Waals surface area contributed by atoms with E-state index < -0.39 is 0 Å². The molecule has 0 radical (unpaired) electrons. The lowest BCUT2D eigenvalue weighted by Crippen LogP contribution is -2.32. The standard InChI is InChI=1S/C11H18N2S/c1-9(2)11(12-3)8-14-10-4-6-13-7-5-10/h4-7,9,11-12H,8H2,1-3H3. The van der Waals surface area contributed by atoms with E-state index in [2.05, 4.69) is 36.3 Å². The molecule has 2 nitrogen and oxygen atoms in total. The highest BCUT2D eigenvalue weighted by atomic mass is 32.2. The molecular weight excluding hydrogens is 192 g/mol. The largest absolute Gasteiger partial charge is 0.316 e. The fraction of sp³-hybridized carbons (Fsp3) is 0.545. The topological polar surface area (TPSA) is 24.9 Å². The Morgan fingerprint density at radius 2 is 2.00 bits per heavy atom. The summed E-state index contributed by atoms with van der Waals surface area (Å²) in [6.07, 6.45) is 3.68. The predicted octanol–water partition coefficient (Wildman–Crippen LogP) is 2.42. The third-order valence-corrected chi connectivity index (χ3v) is 3.39. The van der Waals surface area contributed by atoms with Gasteiger partial charge in [0.15, 0.2) is 0 Å². The molecule has 1 aromatic heterocycles. The van der Waals surface area contributed by atoms with Crippen molar-refractivity contribution >= 4 is 11.8 Å². The van der Waals surface area contributed by atoms with Gasteiger partial charge in [0.05, 0.1) is 0 Å². The van der Waals surface area contributed by atoms with E-state index in [0.29, 0.717) is 12.0 Å². The quantitative estimate of drug-likeness (QED) is 0.756. The molecule has 14 heavy (non-hydrogen) atoms. The van der Waals surface area contributed by atoms with E-state index in [-0.39, 0.29) is 0 Å². The molecule has 1 unspecified atom stereocenters. The molecule has 0 aliphatic rings. The van der Waals surface area contributed by atoms with Crippen LogP contribution in [0.1, 0.15) is 13.8 Å². The minimum Gasteiger partial charge on any atom is -0.316 e. The van der Waals surface area contributed by atoms with Crippen molar-refractivity contribution in [2.45, 2.75) is 24.8 Å². The number of pyridine rings is 1. The zero-order valence-corrected chi connectivity index (χ0v) is 9.84. The molecule has 1 rings (SSSR count). The first-order valence-electron chi connectivity index (χ1n) is 4.94. The summed E-state index contributed by atoms with van der Waals surface area (Å²) in [5.41, 5.74) is 0. The first kappa shape index (κ1) is 11.5. The zero-order valence-electron chi connectivity index (χ0n) is 9.03. The maximum Gasteiger partial charge on any atom is 0.0278 e. The summed E-state index contributed by atoms with van der Waals surface area (Å²) in [5, 5.41) is 3.34. The Labute approximate surface area is 90.5 Å². The number of hydrogen-bond donors (Lipinski definition) is 1. The number of thioether (sulfide) groups is 1. The SMILES string of the molecule is CNC(CSc1ccncc1)C(C)C. The van der Waals surface area contributed by atoms with E-state index in [1.165, 1.54) is 4.90 Å². The maximum absolute atomic E-state index is 4.00. The molecule has 1 aromatic rings. The molecule has 0 fully saturated rings. The van der Waals surface area contributed by atoms with Gasteiger partial charge in [-0.2, -0.15) is 0 Å². The Kier molecular flexibility index (Phi) is 4.98. The number of aromatic nitrogens is 1. The van der Waals surface area contributed by atoms with Gasteiger partial charge >= 0.3 is 0 Å². The summed E-state index contributed by atoms with van der Waals surface area (Å²) in [7, 11) is 2.03. The van der Waals surface area contributed by atoms with Gasteiger partial charge in [0, 0.05) is 29.1 Å². The van der Waals surface area contributed by atoms with Crippen molar-refractivity contribution in [3.8, 4) is 0 Å². The van der Waals surface area contributed by atoms with Gasteiger partial charge in [0.25, 0.3) is 0 Å². The van der Waals surface area contributed by atoms with Crippen LogP contribution in [-0.2, 0) is 0 Å². The molecular formula is C11H18N2S. The van der Waals surface area contributed by atoms with Crippen molar-refractivity contribution in [3.05, 3.63) is 24.5 Å². The van der Waals surface area contributed by atoms with E-state index >= 15 is 0 Å². The molecule has 1 N–H and O–H groups in total. The van der Waals surface area contributed by atoms with Crippen LogP contribution in [0.15, 0.2) is 29.4 Å². The molecule has 0 aliphatic heterocycles. The van der Waals surface area contributed by atoms with Gasteiger partial charge in [0.1, 0.15) is 0 Å². The molecule has 3 heteroatoms. The Morgan fingerprint density at radius 1 is 1.36 bits per heavy atom. The highest BCUT2D eigenvalue weighted by Crippen LogP contribution is 2.19. The fourth-order valence-corrected chi connectivity index (χ4v) is 2.47. The normalized spacial score (nSPS) is 13.1. The van der Waals surface area contributed by atoms with Crippen molar-refractivity contribution < 1.29 is 0 Å². The van der Waals surface area contributed by atoms with Gasteiger partial charge in [-0.25, -0.2) is 0 Å². The molecule has 0 spiro atoms. The lowest BCUT2D eigenvalue weighted by atomic mass is 10.1. The summed E-state index contributed by atoms with van der Waals surface area (Å²) in [4.78, 5) is 5.29. The summed E-state index contributed by atoms with van der Waals surface area (Å²) in [6, 6.07) is 4.68. The van der Waals surface area contributed by atoms with Gasteiger partial charge < -0.3 is 5.32 Å². The van der Waals surface area contributed by atoms with Crippen LogP contribution in [0.3, 0.4) is 0 Å². The van der Waals surface area contributed by atoms with E-state index in [9.17, 15) is 0 Å². The molecule has 1 atom stereocenters. The van der Waals surface area contributed by atoms with Crippen LogP contribution >= 0.6 is 11.8 Å². The first-order valence-corrected chi connectivity index (χ1v) is 5.92. The van der Waals surface area contributed by atoms with Crippen molar-refractivity contribution in [2.24, 2.45) is 5.92 Å². The lowest BCUT2D eigenvalue weighted by Gasteiger charge is -2.19. The molecule has 0 saturated heterocycles. The second-order valence-corrected chi connectivity index (χ2v) is 4.73. The molecule has 0 amide bonds. The number of nitrogens with zero attached hydrogens (tertiary/aromatic N) is 1. The van der Waals surface area contributed by atoms with Gasteiger partial charge in [0.2, 0.25) is 0 Å². The van der Waals surface area contributed by atoms with Crippen LogP contribution in [0.25, 0.3) is 0 Å². The van der Waals surface area contributed by atoms with Crippen LogP contribution in [0, 0.1) is 5.92 Å². The lowest BCUT2D eigenvalue weighted by molar-refractivity contribution is 0.465. The Balaban J connectivity index is 2.40. The average molecular weight is 210 g/mol. The Morgan fingerprint density at radius 3 is 2.50 bits per heavy atom. The first-order chi connectivity index (χ1) is 6.74. The number of hydrogen-bond acceptors (Lipinski definition) is 3. The van der Waals surface area contributed by atoms with Gasteiger partial charge in [-0.15, -0.1) is 11.8 Å². The molecule has 0 aliphatic carbocycles. The summed E-state index contributed by atoms with van der Waals surface area (Å²) < 4.78 is 0. The average Bonchev–Trinajstić information content (AvgIpc) is 2.20. The zero-order chi connectivity index (χ0) is 10.4. The second-order valence-electron chi connectivity index (χ2n) is 3.63. The highest BCUT2D eigenvalue weighted by Gasteiger charge is 2.10. The van der Waals surface area contributed by atoms with E-state index in [0.717, 1.165) is 5.75 Å². The number of nitrogens with one attached hydrogen (secondary N) is 1. The van der Waals surface area contributed by atoms with Gasteiger partial charge in [-0.3, -0.25) is 4.98 Å².